The normalized spacial score (nSPS) is 38.5. The maximum Gasteiger partial charge on any atom is 0.0575 e. The summed E-state index contributed by atoms with van der Waals surface area (Å²) in [6.45, 7) is 5.71. The van der Waals surface area contributed by atoms with Gasteiger partial charge >= 0.3 is 0 Å². The molecule has 1 aliphatic carbocycles. The molecule has 0 aromatic carbocycles. The molecule has 0 unspecified atom stereocenters. The molecule has 0 spiro atoms. The molecule has 3 fully saturated rings. The van der Waals surface area contributed by atoms with Crippen molar-refractivity contribution in [3.05, 3.63) is 0 Å². The van der Waals surface area contributed by atoms with Crippen LogP contribution in [0.5, 0.6) is 0 Å². The predicted octanol–water partition coefficient (Wildman–Crippen LogP) is 3.38. The highest BCUT2D eigenvalue weighted by Gasteiger charge is 2.40. The van der Waals surface area contributed by atoms with Crippen molar-refractivity contribution >= 4 is 0 Å². The Morgan fingerprint density at radius 3 is 2.46 bits per heavy atom. The molecule has 0 N–H and O–H groups in total. The molecule has 0 aromatic rings. The van der Waals surface area contributed by atoms with Crippen LogP contribution < -0.4 is 0 Å². The van der Waals surface area contributed by atoms with Crippen molar-refractivity contribution in [2.75, 3.05) is 6.61 Å². The molecule has 2 saturated heterocycles. The third-order valence-corrected chi connectivity index (χ3v) is 3.87. The van der Waals surface area contributed by atoms with Gasteiger partial charge in [0, 0.05) is 0 Å². The fourth-order valence-electron chi connectivity index (χ4n) is 2.73. The lowest BCUT2D eigenvalue weighted by Crippen LogP contribution is -2.42. The fraction of sp³-hybridized carbons (Fsp3) is 1.00. The maximum absolute atomic E-state index is 5.81. The van der Waals surface area contributed by atoms with Gasteiger partial charge in [0.15, 0.2) is 0 Å². The molecule has 0 radical (unpaired) electrons. The topological polar surface area (TPSA) is 9.23 Å². The molecular weight excluding hydrogens is 160 g/mol. The summed E-state index contributed by atoms with van der Waals surface area (Å²) in [5.74, 6) is 0.856. The van der Waals surface area contributed by atoms with Crippen molar-refractivity contribution in [1.29, 1.82) is 0 Å². The first-order valence-corrected chi connectivity index (χ1v) is 5.82. The van der Waals surface area contributed by atoms with Gasteiger partial charge in [-0.1, -0.05) is 20.3 Å². The SMILES string of the molecule is CC(C)CCC12CCC(CC1)OC2. The highest BCUT2D eigenvalue weighted by Crippen LogP contribution is 2.46. The van der Waals surface area contributed by atoms with E-state index >= 15 is 0 Å². The van der Waals surface area contributed by atoms with Gasteiger partial charge in [-0.05, 0) is 43.4 Å². The van der Waals surface area contributed by atoms with E-state index in [1.807, 2.05) is 0 Å². The van der Waals surface area contributed by atoms with Crippen LogP contribution >= 0.6 is 0 Å². The molecule has 1 saturated carbocycles. The van der Waals surface area contributed by atoms with E-state index in [-0.39, 0.29) is 0 Å². The fourth-order valence-corrected chi connectivity index (χ4v) is 2.73. The van der Waals surface area contributed by atoms with Gasteiger partial charge in [0.25, 0.3) is 0 Å². The van der Waals surface area contributed by atoms with Crippen molar-refractivity contribution in [2.45, 2.75) is 58.5 Å². The minimum absolute atomic E-state index is 0.596. The van der Waals surface area contributed by atoms with Crippen LogP contribution in [0.1, 0.15) is 52.4 Å². The molecule has 1 heteroatoms. The van der Waals surface area contributed by atoms with Crippen LogP contribution in [-0.2, 0) is 4.74 Å². The average molecular weight is 182 g/mol. The zero-order valence-corrected chi connectivity index (χ0v) is 9.01. The second-order valence-corrected chi connectivity index (χ2v) is 5.44. The quantitative estimate of drug-likeness (QED) is 0.650. The summed E-state index contributed by atoms with van der Waals surface area (Å²) >= 11 is 0. The van der Waals surface area contributed by atoms with Gasteiger partial charge in [-0.15, -0.1) is 0 Å². The third-order valence-electron chi connectivity index (χ3n) is 3.87. The van der Waals surface area contributed by atoms with Crippen LogP contribution in [0.25, 0.3) is 0 Å². The predicted molar refractivity (Wildman–Crippen MR) is 54.7 cm³/mol. The van der Waals surface area contributed by atoms with Crippen molar-refractivity contribution in [1.82, 2.24) is 0 Å². The molecule has 1 nitrogen and oxygen atoms in total. The van der Waals surface area contributed by atoms with E-state index < -0.39 is 0 Å². The number of fused-ring (bicyclic) bond motifs is 3. The summed E-state index contributed by atoms with van der Waals surface area (Å²) in [6.07, 6.45) is 8.94. The molecule has 76 valence electrons. The standard InChI is InChI=1S/C12H22O/c1-10(2)3-6-12-7-4-11(5-8-12)13-9-12/h10-11H,3-9H2,1-2H3. The van der Waals surface area contributed by atoms with E-state index in [1.165, 1.54) is 38.5 Å². The highest BCUT2D eigenvalue weighted by molar-refractivity contribution is 4.90. The van der Waals surface area contributed by atoms with Crippen LogP contribution in [0.2, 0.25) is 0 Å². The summed E-state index contributed by atoms with van der Waals surface area (Å²) in [5, 5.41) is 0. The van der Waals surface area contributed by atoms with Crippen LogP contribution in [0.3, 0.4) is 0 Å². The zero-order chi connectivity index (χ0) is 9.31. The van der Waals surface area contributed by atoms with Crippen LogP contribution in [-0.4, -0.2) is 12.7 Å². The Balaban J connectivity index is 1.87. The smallest absolute Gasteiger partial charge is 0.0575 e. The van der Waals surface area contributed by atoms with Gasteiger partial charge in [0.05, 0.1) is 12.7 Å². The first kappa shape index (κ1) is 9.51. The maximum atomic E-state index is 5.81. The summed E-state index contributed by atoms with van der Waals surface area (Å²) in [7, 11) is 0. The van der Waals surface area contributed by atoms with E-state index in [2.05, 4.69) is 13.8 Å². The molecule has 3 aliphatic rings. The zero-order valence-electron chi connectivity index (χ0n) is 9.01. The Morgan fingerprint density at radius 2 is 2.00 bits per heavy atom. The number of rotatable bonds is 3. The van der Waals surface area contributed by atoms with Gasteiger partial charge in [0.2, 0.25) is 0 Å². The van der Waals surface area contributed by atoms with Gasteiger partial charge < -0.3 is 4.74 Å². The van der Waals surface area contributed by atoms with Crippen molar-refractivity contribution in [3.63, 3.8) is 0 Å². The van der Waals surface area contributed by atoms with Crippen molar-refractivity contribution in [3.8, 4) is 0 Å². The molecule has 2 bridgehead atoms. The van der Waals surface area contributed by atoms with E-state index in [9.17, 15) is 0 Å². The monoisotopic (exact) mass is 182 g/mol. The summed E-state index contributed by atoms with van der Waals surface area (Å²) in [6, 6.07) is 0. The lowest BCUT2D eigenvalue weighted by atomic mass is 9.68. The van der Waals surface area contributed by atoms with Crippen molar-refractivity contribution < 1.29 is 4.74 Å². The van der Waals surface area contributed by atoms with Gasteiger partial charge in [-0.25, -0.2) is 0 Å². The Bertz CT molecular complexity index is 152. The van der Waals surface area contributed by atoms with E-state index in [4.69, 9.17) is 4.74 Å². The van der Waals surface area contributed by atoms with Gasteiger partial charge in [-0.3, -0.25) is 0 Å². The number of ether oxygens (including phenoxy) is 1. The lowest BCUT2D eigenvalue weighted by molar-refractivity contribution is -0.119. The minimum Gasteiger partial charge on any atom is -0.378 e. The molecule has 2 heterocycles. The highest BCUT2D eigenvalue weighted by atomic mass is 16.5. The number of hydrogen-bond donors (Lipinski definition) is 0. The van der Waals surface area contributed by atoms with Gasteiger partial charge in [0.1, 0.15) is 0 Å². The molecule has 0 atom stereocenters. The molecule has 2 aliphatic heterocycles. The van der Waals surface area contributed by atoms with Crippen LogP contribution in [0, 0.1) is 11.3 Å². The molecule has 13 heavy (non-hydrogen) atoms. The molecule has 3 rings (SSSR count). The van der Waals surface area contributed by atoms with E-state index in [0.29, 0.717) is 11.5 Å². The Hall–Kier alpha value is -0.0400. The van der Waals surface area contributed by atoms with E-state index in [1.54, 1.807) is 0 Å². The summed E-state index contributed by atoms with van der Waals surface area (Å²) in [4.78, 5) is 0. The Labute approximate surface area is 81.9 Å². The Morgan fingerprint density at radius 1 is 1.31 bits per heavy atom. The largest absolute Gasteiger partial charge is 0.378 e. The van der Waals surface area contributed by atoms with Crippen molar-refractivity contribution in [2.24, 2.45) is 11.3 Å². The summed E-state index contributed by atoms with van der Waals surface area (Å²) < 4.78 is 5.81. The molecular formula is C12H22O. The Kier molecular flexibility index (Phi) is 2.64. The van der Waals surface area contributed by atoms with Crippen LogP contribution in [0.4, 0.5) is 0 Å². The first-order valence-electron chi connectivity index (χ1n) is 5.82. The van der Waals surface area contributed by atoms with Gasteiger partial charge in [-0.2, -0.15) is 0 Å². The molecule has 0 amide bonds. The van der Waals surface area contributed by atoms with Crippen LogP contribution in [0.15, 0.2) is 0 Å². The number of hydrogen-bond acceptors (Lipinski definition) is 1. The lowest BCUT2D eigenvalue weighted by Gasteiger charge is -2.46. The third kappa shape index (κ3) is 2.07. The average Bonchev–Trinajstić information content (AvgIpc) is 2.18. The first-order chi connectivity index (χ1) is 6.20. The summed E-state index contributed by atoms with van der Waals surface area (Å²) in [5.41, 5.74) is 0.596. The molecule has 0 aromatic heterocycles. The van der Waals surface area contributed by atoms with E-state index in [0.717, 1.165) is 12.5 Å². The second-order valence-electron chi connectivity index (χ2n) is 5.44. The minimum atomic E-state index is 0.596. The second kappa shape index (κ2) is 3.61.